The average Bonchev–Trinajstić information content (AvgIpc) is 2.41. The van der Waals surface area contributed by atoms with Crippen LogP contribution in [0.5, 0.6) is 0 Å². The van der Waals surface area contributed by atoms with Gasteiger partial charge in [0.25, 0.3) is 0 Å². The van der Waals surface area contributed by atoms with Gasteiger partial charge >= 0.3 is 0 Å². The van der Waals surface area contributed by atoms with E-state index in [1.807, 2.05) is 0 Å². The molecule has 0 bridgehead atoms. The van der Waals surface area contributed by atoms with Crippen molar-refractivity contribution in [3.63, 3.8) is 0 Å². The summed E-state index contributed by atoms with van der Waals surface area (Å²) in [5.41, 5.74) is 0. The predicted molar refractivity (Wildman–Crippen MR) is 94.8 cm³/mol. The zero-order valence-electron chi connectivity index (χ0n) is 11.3. The molecule has 0 N–H and O–H groups in total. The lowest BCUT2D eigenvalue weighted by atomic mass is 10.00. The van der Waals surface area contributed by atoms with Gasteiger partial charge in [-0.25, -0.2) is 0 Å². The number of hydrogen-bond acceptors (Lipinski definition) is 4. The van der Waals surface area contributed by atoms with Gasteiger partial charge < -0.3 is 0 Å². The van der Waals surface area contributed by atoms with E-state index in [4.69, 9.17) is 0 Å². The van der Waals surface area contributed by atoms with Crippen molar-refractivity contribution in [1.82, 2.24) is 0 Å². The minimum Gasteiger partial charge on any atom is -0.161 e. The van der Waals surface area contributed by atoms with Gasteiger partial charge in [-0.15, -0.1) is 0 Å². The topological polar surface area (TPSA) is 0 Å². The summed E-state index contributed by atoms with van der Waals surface area (Å²) in [4.78, 5) is 0. The zero-order valence-corrected chi connectivity index (χ0v) is 14.5. The standard InChI is InChI=1S/C14H26S4/c1-2-6-14-13(5-1)17-9-3-7-15-11-12-16-8-4-10-18-14/h13-14H,1-12H2/t13-,14?/m1/s1. The number of hydrogen-bond donors (Lipinski definition) is 0. The smallest absolute Gasteiger partial charge is 0.0166 e. The van der Waals surface area contributed by atoms with E-state index in [2.05, 4.69) is 47.0 Å². The molecule has 2 fully saturated rings. The van der Waals surface area contributed by atoms with Crippen LogP contribution >= 0.6 is 47.0 Å². The fourth-order valence-corrected chi connectivity index (χ4v) is 8.04. The minimum absolute atomic E-state index is 0.976. The van der Waals surface area contributed by atoms with Crippen LogP contribution in [0, 0.1) is 0 Å². The maximum absolute atomic E-state index is 2.29. The molecular weight excluding hydrogens is 296 g/mol. The van der Waals surface area contributed by atoms with Gasteiger partial charge in [-0.3, -0.25) is 0 Å². The molecule has 1 saturated carbocycles. The molecule has 1 heterocycles. The van der Waals surface area contributed by atoms with Crippen LogP contribution in [-0.2, 0) is 0 Å². The van der Waals surface area contributed by atoms with E-state index in [9.17, 15) is 0 Å². The van der Waals surface area contributed by atoms with Crippen LogP contribution in [0.2, 0.25) is 0 Å². The molecule has 0 amide bonds. The Bertz CT molecular complexity index is 188. The molecule has 0 radical (unpaired) electrons. The van der Waals surface area contributed by atoms with Gasteiger partial charge in [-0.2, -0.15) is 47.0 Å². The van der Waals surface area contributed by atoms with Crippen molar-refractivity contribution >= 4 is 47.0 Å². The summed E-state index contributed by atoms with van der Waals surface area (Å²) in [5.74, 6) is 8.32. The first-order valence-electron chi connectivity index (χ1n) is 7.35. The van der Waals surface area contributed by atoms with E-state index in [0.29, 0.717) is 0 Å². The Morgan fingerprint density at radius 2 is 1.00 bits per heavy atom. The zero-order chi connectivity index (χ0) is 12.5. The lowest BCUT2D eigenvalue weighted by Gasteiger charge is -2.31. The molecule has 2 atom stereocenters. The van der Waals surface area contributed by atoms with Gasteiger partial charge in [-0.05, 0) is 48.7 Å². The normalized spacial score (nSPS) is 33.3. The van der Waals surface area contributed by atoms with Crippen LogP contribution in [0.25, 0.3) is 0 Å². The van der Waals surface area contributed by atoms with Crippen molar-refractivity contribution < 1.29 is 0 Å². The number of fused-ring (bicyclic) bond motifs is 1. The van der Waals surface area contributed by atoms with Gasteiger partial charge in [0.1, 0.15) is 0 Å². The van der Waals surface area contributed by atoms with Crippen molar-refractivity contribution in [2.24, 2.45) is 0 Å². The van der Waals surface area contributed by atoms with E-state index in [1.54, 1.807) is 0 Å². The van der Waals surface area contributed by atoms with E-state index in [-0.39, 0.29) is 0 Å². The van der Waals surface area contributed by atoms with Crippen LogP contribution in [-0.4, -0.2) is 45.0 Å². The number of thioether (sulfide) groups is 4. The predicted octanol–water partition coefficient (Wildman–Crippen LogP) is 5.02. The minimum atomic E-state index is 0.976. The molecule has 106 valence electrons. The highest BCUT2D eigenvalue weighted by Gasteiger charge is 2.25. The van der Waals surface area contributed by atoms with Gasteiger partial charge in [-0.1, -0.05) is 12.8 Å². The summed E-state index contributed by atoms with van der Waals surface area (Å²) in [7, 11) is 0. The van der Waals surface area contributed by atoms with E-state index in [0.717, 1.165) is 10.5 Å². The third kappa shape index (κ3) is 6.23. The Kier molecular flexibility index (Phi) is 8.92. The summed E-state index contributed by atoms with van der Waals surface area (Å²) in [6.45, 7) is 0. The van der Waals surface area contributed by atoms with Crippen molar-refractivity contribution in [3.8, 4) is 0 Å². The summed E-state index contributed by atoms with van der Waals surface area (Å²) >= 11 is 8.92. The molecule has 1 aliphatic heterocycles. The summed E-state index contributed by atoms with van der Waals surface area (Å²) in [5, 5.41) is 1.95. The monoisotopic (exact) mass is 322 g/mol. The highest BCUT2D eigenvalue weighted by atomic mass is 32.2. The Morgan fingerprint density at radius 3 is 1.50 bits per heavy atom. The summed E-state index contributed by atoms with van der Waals surface area (Å²) in [6, 6.07) is 0. The SMILES string of the molecule is C1CSCCSCCCS[C@@H]2CCCCC2SC1. The first kappa shape index (κ1) is 15.8. The van der Waals surface area contributed by atoms with Gasteiger partial charge in [0.05, 0.1) is 0 Å². The highest BCUT2D eigenvalue weighted by Crippen LogP contribution is 2.37. The molecule has 0 aromatic carbocycles. The first-order valence-corrected chi connectivity index (χ1v) is 11.8. The van der Waals surface area contributed by atoms with Crippen molar-refractivity contribution in [3.05, 3.63) is 0 Å². The quantitative estimate of drug-likeness (QED) is 0.613. The Hall–Kier alpha value is 1.40. The third-order valence-electron chi connectivity index (χ3n) is 3.54. The molecule has 0 spiro atoms. The molecule has 0 aromatic heterocycles. The largest absolute Gasteiger partial charge is 0.161 e. The molecule has 2 aliphatic rings. The molecule has 2 rings (SSSR count). The second-order valence-corrected chi connectivity index (χ2v) is 10.2. The maximum atomic E-state index is 2.29. The molecule has 1 saturated heterocycles. The van der Waals surface area contributed by atoms with E-state index in [1.165, 1.54) is 73.0 Å². The van der Waals surface area contributed by atoms with Crippen molar-refractivity contribution in [1.29, 1.82) is 0 Å². The average molecular weight is 323 g/mol. The van der Waals surface area contributed by atoms with Crippen LogP contribution in [0.15, 0.2) is 0 Å². The van der Waals surface area contributed by atoms with E-state index >= 15 is 0 Å². The van der Waals surface area contributed by atoms with Crippen molar-refractivity contribution in [2.45, 2.75) is 49.0 Å². The molecule has 1 aliphatic carbocycles. The van der Waals surface area contributed by atoms with Crippen molar-refractivity contribution in [2.75, 3.05) is 34.5 Å². The fourth-order valence-electron chi connectivity index (χ4n) is 2.56. The molecule has 0 nitrogen and oxygen atoms in total. The second kappa shape index (κ2) is 10.2. The third-order valence-corrected chi connectivity index (χ3v) is 9.15. The summed E-state index contributed by atoms with van der Waals surface area (Å²) < 4.78 is 0. The van der Waals surface area contributed by atoms with E-state index < -0.39 is 0 Å². The Morgan fingerprint density at radius 1 is 0.500 bits per heavy atom. The van der Waals surface area contributed by atoms with Gasteiger partial charge in [0.2, 0.25) is 0 Å². The Labute approximate surface area is 130 Å². The molecule has 1 unspecified atom stereocenters. The summed E-state index contributed by atoms with van der Waals surface area (Å²) in [6.07, 6.45) is 8.80. The van der Waals surface area contributed by atoms with Gasteiger partial charge in [0.15, 0.2) is 0 Å². The lowest BCUT2D eigenvalue weighted by molar-refractivity contribution is 0.527. The second-order valence-electron chi connectivity index (χ2n) is 5.03. The molecular formula is C14H26S4. The molecule has 0 aromatic rings. The van der Waals surface area contributed by atoms with Gasteiger partial charge in [0, 0.05) is 22.0 Å². The van der Waals surface area contributed by atoms with Crippen LogP contribution in [0.4, 0.5) is 0 Å². The maximum Gasteiger partial charge on any atom is 0.0166 e. The molecule has 18 heavy (non-hydrogen) atoms. The van der Waals surface area contributed by atoms with Crippen LogP contribution in [0.3, 0.4) is 0 Å². The highest BCUT2D eigenvalue weighted by molar-refractivity contribution is 8.04. The Balaban J connectivity index is 1.75. The van der Waals surface area contributed by atoms with Crippen LogP contribution < -0.4 is 0 Å². The first-order chi connectivity index (χ1) is 8.97. The van der Waals surface area contributed by atoms with Crippen LogP contribution in [0.1, 0.15) is 38.5 Å². The lowest BCUT2D eigenvalue weighted by Crippen LogP contribution is -2.25. The number of rotatable bonds is 0. The molecule has 4 heteroatoms. The fraction of sp³-hybridized carbons (Fsp3) is 1.00.